The molecule has 0 saturated carbocycles. The fraction of sp³-hybridized carbons (Fsp3) is 0.176. The highest BCUT2D eigenvalue weighted by atomic mass is 16.1. The summed E-state index contributed by atoms with van der Waals surface area (Å²) in [4.78, 5) is 34.4. The quantitative estimate of drug-likeness (QED) is 0.901. The summed E-state index contributed by atoms with van der Waals surface area (Å²) in [5.41, 5.74) is 1.93. The first kappa shape index (κ1) is 14.9. The van der Waals surface area contributed by atoms with Crippen LogP contribution in [0, 0.1) is 0 Å². The molecule has 2 aromatic heterocycles. The maximum Gasteiger partial charge on any atom is 0.211 e. The molecule has 1 N–H and O–H groups in total. The van der Waals surface area contributed by atoms with Crippen LogP contribution in [0.4, 0.5) is 5.69 Å². The van der Waals surface area contributed by atoms with Crippen molar-refractivity contribution < 1.29 is 9.59 Å². The second-order valence-electron chi connectivity index (χ2n) is 5.20. The molecule has 1 aliphatic rings. The van der Waals surface area contributed by atoms with Gasteiger partial charge in [0.2, 0.25) is 11.6 Å². The number of nitrogens with zero attached hydrogens (tertiary/aromatic N) is 3. The van der Waals surface area contributed by atoms with Gasteiger partial charge < -0.3 is 10.2 Å². The Morgan fingerprint density at radius 1 is 1.13 bits per heavy atom. The van der Waals surface area contributed by atoms with E-state index in [1.54, 1.807) is 24.5 Å². The number of fused-ring (bicyclic) bond motifs is 1. The highest BCUT2D eigenvalue weighted by Crippen LogP contribution is 2.17. The van der Waals surface area contributed by atoms with Crippen LogP contribution in [0.5, 0.6) is 0 Å². The lowest BCUT2D eigenvalue weighted by molar-refractivity contribution is 0.0975. The molecule has 0 radical (unpaired) electrons. The Morgan fingerprint density at radius 2 is 1.91 bits per heavy atom. The highest BCUT2D eigenvalue weighted by Gasteiger charge is 2.26. The first-order chi connectivity index (χ1) is 11.2. The van der Waals surface area contributed by atoms with E-state index in [1.165, 1.54) is 12.3 Å². The van der Waals surface area contributed by atoms with E-state index >= 15 is 0 Å². The average molecular weight is 308 g/mol. The molecule has 0 aliphatic heterocycles. The van der Waals surface area contributed by atoms with Crippen molar-refractivity contribution in [3.8, 4) is 0 Å². The van der Waals surface area contributed by atoms with Gasteiger partial charge in [0.15, 0.2) is 0 Å². The molecule has 0 fully saturated rings. The molecule has 6 heteroatoms. The van der Waals surface area contributed by atoms with Gasteiger partial charge in [-0.25, -0.2) is 0 Å². The molecule has 1 aliphatic carbocycles. The number of hydrogen-bond acceptors (Lipinski definition) is 6. The molecule has 23 heavy (non-hydrogen) atoms. The van der Waals surface area contributed by atoms with Gasteiger partial charge in [-0.2, -0.15) is 0 Å². The lowest BCUT2D eigenvalue weighted by Gasteiger charge is -2.21. The summed E-state index contributed by atoms with van der Waals surface area (Å²) in [5, 5.41) is 3.05. The molecule has 0 spiro atoms. The minimum Gasteiger partial charge on any atom is -0.380 e. The molecule has 0 amide bonds. The zero-order valence-electron chi connectivity index (χ0n) is 12.7. The monoisotopic (exact) mass is 308 g/mol. The number of likely N-dealkylation sites (N-methyl/N-ethyl adjacent to an activating group) is 1. The number of Topliss-reactive ketones (excluding diaryl/α,β-unsaturated/α-hetero) is 1. The van der Waals surface area contributed by atoms with Crippen LogP contribution in [0.15, 0.2) is 54.6 Å². The van der Waals surface area contributed by atoms with E-state index in [1.807, 2.05) is 24.1 Å². The largest absolute Gasteiger partial charge is 0.380 e. The number of carbonyl (C=O) groups excluding carboxylic acids is 2. The van der Waals surface area contributed by atoms with E-state index in [-0.39, 0.29) is 17.3 Å². The third-order valence-corrected chi connectivity index (χ3v) is 3.67. The van der Waals surface area contributed by atoms with Gasteiger partial charge in [-0.1, -0.05) is 0 Å². The van der Waals surface area contributed by atoms with Crippen LogP contribution in [-0.2, 0) is 0 Å². The predicted octanol–water partition coefficient (Wildman–Crippen LogP) is 1.47. The number of ketones is 2. The van der Waals surface area contributed by atoms with Crippen molar-refractivity contribution in [1.29, 1.82) is 0 Å². The Hall–Kier alpha value is -3.02. The summed E-state index contributed by atoms with van der Waals surface area (Å²) in [6.45, 7) is 1.22. The molecular formula is C17H16N4O2. The Balaban J connectivity index is 1.63. The smallest absolute Gasteiger partial charge is 0.211 e. The molecule has 3 rings (SSSR count). The third-order valence-electron chi connectivity index (χ3n) is 3.67. The normalized spacial score (nSPS) is 13.3. The van der Waals surface area contributed by atoms with E-state index in [0.717, 1.165) is 5.69 Å². The van der Waals surface area contributed by atoms with Gasteiger partial charge in [-0.3, -0.25) is 19.6 Å². The average Bonchev–Trinajstić information content (AvgIpc) is 2.60. The van der Waals surface area contributed by atoms with Gasteiger partial charge in [-0.05, 0) is 24.3 Å². The summed E-state index contributed by atoms with van der Waals surface area (Å²) in [7, 11) is 1.96. The van der Waals surface area contributed by atoms with E-state index < -0.39 is 0 Å². The summed E-state index contributed by atoms with van der Waals surface area (Å²) >= 11 is 0. The Labute approximate surface area is 133 Å². The summed E-state index contributed by atoms with van der Waals surface area (Å²) in [5.74, 6) is -0.440. The van der Waals surface area contributed by atoms with Crippen LogP contribution >= 0.6 is 0 Å². The fourth-order valence-electron chi connectivity index (χ4n) is 2.41. The van der Waals surface area contributed by atoms with Crippen molar-refractivity contribution in [3.63, 3.8) is 0 Å². The summed E-state index contributed by atoms with van der Waals surface area (Å²) in [6, 6.07) is 7.11. The molecule has 6 nitrogen and oxygen atoms in total. The predicted molar refractivity (Wildman–Crippen MR) is 86.5 cm³/mol. The molecule has 0 unspecified atom stereocenters. The van der Waals surface area contributed by atoms with E-state index in [4.69, 9.17) is 0 Å². The molecule has 116 valence electrons. The van der Waals surface area contributed by atoms with Crippen LogP contribution in [0.2, 0.25) is 0 Å². The number of allylic oxidation sites excluding steroid dienone is 2. The van der Waals surface area contributed by atoms with Crippen LogP contribution < -0.4 is 10.2 Å². The zero-order chi connectivity index (χ0) is 16.2. The minimum absolute atomic E-state index is 0.195. The second-order valence-corrected chi connectivity index (χ2v) is 5.20. The van der Waals surface area contributed by atoms with Gasteiger partial charge in [0.1, 0.15) is 5.69 Å². The fourth-order valence-corrected chi connectivity index (χ4v) is 2.41. The van der Waals surface area contributed by atoms with Crippen LogP contribution in [-0.4, -0.2) is 41.7 Å². The molecule has 0 bridgehead atoms. The van der Waals surface area contributed by atoms with Gasteiger partial charge in [0, 0.05) is 50.5 Å². The van der Waals surface area contributed by atoms with Crippen molar-refractivity contribution in [2.24, 2.45) is 0 Å². The lowest BCUT2D eigenvalue weighted by atomic mass is 9.97. The van der Waals surface area contributed by atoms with Crippen molar-refractivity contribution in [2.45, 2.75) is 0 Å². The number of nitrogens with one attached hydrogen (secondary N) is 1. The lowest BCUT2D eigenvalue weighted by Crippen LogP contribution is -2.33. The SMILES string of the molecule is CN(CCNC1=CC(=O)c2ncccc2C1=O)c1ccncc1. The van der Waals surface area contributed by atoms with E-state index in [0.29, 0.717) is 24.4 Å². The first-order valence-corrected chi connectivity index (χ1v) is 7.27. The van der Waals surface area contributed by atoms with E-state index in [2.05, 4.69) is 15.3 Å². The number of pyridine rings is 2. The number of anilines is 1. The third kappa shape index (κ3) is 3.11. The Morgan fingerprint density at radius 3 is 2.70 bits per heavy atom. The Kier molecular flexibility index (Phi) is 4.14. The number of hydrogen-bond donors (Lipinski definition) is 1. The topological polar surface area (TPSA) is 75.2 Å². The van der Waals surface area contributed by atoms with Crippen molar-refractivity contribution >= 4 is 17.3 Å². The van der Waals surface area contributed by atoms with Crippen LogP contribution in [0.3, 0.4) is 0 Å². The highest BCUT2D eigenvalue weighted by molar-refractivity contribution is 6.23. The van der Waals surface area contributed by atoms with Crippen molar-refractivity contribution in [1.82, 2.24) is 15.3 Å². The molecular weight excluding hydrogens is 292 g/mol. The first-order valence-electron chi connectivity index (χ1n) is 7.27. The van der Waals surface area contributed by atoms with Crippen molar-refractivity contribution in [3.05, 3.63) is 65.9 Å². The number of carbonyl (C=O) groups is 2. The van der Waals surface area contributed by atoms with Gasteiger partial charge in [0.25, 0.3) is 0 Å². The second kappa shape index (κ2) is 6.39. The van der Waals surface area contributed by atoms with Crippen LogP contribution in [0.1, 0.15) is 20.8 Å². The Bertz CT molecular complexity index is 771. The summed E-state index contributed by atoms with van der Waals surface area (Å²) in [6.07, 6.45) is 6.30. The minimum atomic E-state index is -0.245. The van der Waals surface area contributed by atoms with Crippen LogP contribution in [0.25, 0.3) is 0 Å². The van der Waals surface area contributed by atoms with Gasteiger partial charge >= 0.3 is 0 Å². The van der Waals surface area contributed by atoms with Crippen molar-refractivity contribution in [2.75, 3.05) is 25.0 Å². The molecule has 0 saturated heterocycles. The number of rotatable bonds is 5. The molecule has 2 aromatic rings. The maximum absolute atomic E-state index is 12.4. The standard InChI is InChI=1S/C17H16N4O2/c1-21(12-4-7-18-8-5-12)10-9-19-14-11-15(22)16-13(17(14)23)3-2-6-20-16/h2-8,11,19H,9-10H2,1H3. The number of aromatic nitrogens is 2. The molecule has 0 atom stereocenters. The molecule has 2 heterocycles. The molecule has 0 aromatic carbocycles. The van der Waals surface area contributed by atoms with E-state index in [9.17, 15) is 9.59 Å². The van der Waals surface area contributed by atoms with Gasteiger partial charge in [0.05, 0.1) is 11.3 Å². The summed E-state index contributed by atoms with van der Waals surface area (Å²) < 4.78 is 0. The van der Waals surface area contributed by atoms with Gasteiger partial charge in [-0.15, -0.1) is 0 Å². The zero-order valence-corrected chi connectivity index (χ0v) is 12.7. The maximum atomic E-state index is 12.4.